The molecule has 1 aliphatic rings. The van der Waals surface area contributed by atoms with E-state index in [0.717, 1.165) is 23.5 Å². The molecule has 0 radical (unpaired) electrons. The van der Waals surface area contributed by atoms with Gasteiger partial charge in [-0.15, -0.1) is 0 Å². The van der Waals surface area contributed by atoms with Gasteiger partial charge in [-0.1, -0.05) is 38.3 Å². The van der Waals surface area contributed by atoms with Gasteiger partial charge in [0.05, 0.1) is 0 Å². The molecule has 0 amide bonds. The van der Waals surface area contributed by atoms with Crippen molar-refractivity contribution in [1.82, 2.24) is 0 Å². The predicted molar refractivity (Wildman–Crippen MR) is 52.2 cm³/mol. The van der Waals surface area contributed by atoms with Crippen LogP contribution in [0, 0.1) is 11.8 Å². The highest BCUT2D eigenvalue weighted by Gasteiger charge is 2.28. The van der Waals surface area contributed by atoms with Crippen molar-refractivity contribution < 1.29 is 0 Å². The lowest BCUT2D eigenvalue weighted by Gasteiger charge is -2.37. The summed E-state index contributed by atoms with van der Waals surface area (Å²) in [6, 6.07) is 0. The van der Waals surface area contributed by atoms with Crippen molar-refractivity contribution in [1.29, 1.82) is 0 Å². The van der Waals surface area contributed by atoms with Crippen LogP contribution in [0.25, 0.3) is 0 Å². The Morgan fingerprint density at radius 3 is 1.50 bits per heavy atom. The Bertz CT molecular complexity index is 99.8. The molecular formula is C8H18B2. The summed E-state index contributed by atoms with van der Waals surface area (Å²) in [7, 11) is 4.82. The molecule has 1 fully saturated rings. The van der Waals surface area contributed by atoms with Crippen LogP contribution in [-0.2, 0) is 0 Å². The fourth-order valence-electron chi connectivity index (χ4n) is 2.09. The smallest absolute Gasteiger partial charge is 0.0711 e. The molecule has 0 aromatic heterocycles. The maximum absolute atomic E-state index is 2.41. The molecule has 0 nitrogen and oxygen atoms in total. The van der Waals surface area contributed by atoms with Crippen LogP contribution < -0.4 is 0 Å². The molecule has 56 valence electrons. The Morgan fingerprint density at radius 2 is 1.20 bits per heavy atom. The summed E-state index contributed by atoms with van der Waals surface area (Å²) in [5.41, 5.74) is 0. The first-order valence-corrected chi connectivity index (χ1v) is 4.63. The molecular weight excluding hydrogens is 118 g/mol. The second-order valence-electron chi connectivity index (χ2n) is 4.25. The molecule has 0 aromatic rings. The van der Waals surface area contributed by atoms with Crippen LogP contribution in [0.5, 0.6) is 0 Å². The van der Waals surface area contributed by atoms with E-state index in [2.05, 4.69) is 29.5 Å². The lowest BCUT2D eigenvalue weighted by Crippen LogP contribution is -2.24. The molecule has 0 N–H and O–H groups in total. The van der Waals surface area contributed by atoms with Gasteiger partial charge in [-0.25, -0.2) is 0 Å². The Morgan fingerprint density at radius 1 is 0.900 bits per heavy atom. The highest BCUT2D eigenvalue weighted by Crippen LogP contribution is 2.42. The number of rotatable bonds is 0. The fourth-order valence-corrected chi connectivity index (χ4v) is 2.09. The van der Waals surface area contributed by atoms with Crippen molar-refractivity contribution in [3.8, 4) is 0 Å². The third-order valence-electron chi connectivity index (χ3n) is 3.70. The van der Waals surface area contributed by atoms with Gasteiger partial charge in [-0.2, -0.15) is 0 Å². The van der Waals surface area contributed by atoms with Gasteiger partial charge in [-0.05, 0) is 11.8 Å². The van der Waals surface area contributed by atoms with E-state index in [0.29, 0.717) is 0 Å². The summed E-state index contributed by atoms with van der Waals surface area (Å²) in [5.74, 6) is 3.82. The normalized spacial score (nSPS) is 49.0. The van der Waals surface area contributed by atoms with Crippen molar-refractivity contribution in [2.75, 3.05) is 0 Å². The minimum Gasteiger partial charge on any atom is -0.0711 e. The summed E-state index contributed by atoms with van der Waals surface area (Å²) in [5, 5.41) is 0. The topological polar surface area (TPSA) is 0 Å². The van der Waals surface area contributed by atoms with Crippen molar-refractivity contribution in [3.63, 3.8) is 0 Å². The van der Waals surface area contributed by atoms with Gasteiger partial charge in [-0.3, -0.25) is 0 Å². The highest BCUT2D eigenvalue weighted by molar-refractivity contribution is 6.21. The van der Waals surface area contributed by atoms with Crippen LogP contribution in [0.2, 0.25) is 11.6 Å². The van der Waals surface area contributed by atoms with Crippen LogP contribution >= 0.6 is 0 Å². The monoisotopic (exact) mass is 136 g/mol. The third-order valence-corrected chi connectivity index (χ3v) is 3.70. The Labute approximate surface area is 66.6 Å². The summed E-state index contributed by atoms with van der Waals surface area (Å²) in [6.07, 6.45) is 2.90. The molecule has 1 rings (SSSR count). The van der Waals surface area contributed by atoms with E-state index >= 15 is 0 Å². The van der Waals surface area contributed by atoms with Gasteiger partial charge in [0.15, 0.2) is 0 Å². The maximum atomic E-state index is 2.41. The zero-order chi connectivity index (χ0) is 7.72. The standard InChI is InChI=1S/C8H18B2/c1-5-3-4-6(2)8(10)7(5)9/h5-8H,3-4,9-10H2,1-2H3. The molecule has 1 aliphatic carbocycles. The van der Waals surface area contributed by atoms with Crippen molar-refractivity contribution in [2.45, 2.75) is 38.3 Å². The van der Waals surface area contributed by atoms with E-state index < -0.39 is 0 Å². The zero-order valence-electron chi connectivity index (χ0n) is 7.72. The van der Waals surface area contributed by atoms with Gasteiger partial charge in [0.25, 0.3) is 0 Å². The molecule has 4 unspecified atom stereocenters. The van der Waals surface area contributed by atoms with Gasteiger partial charge >= 0.3 is 0 Å². The first kappa shape index (κ1) is 8.23. The molecule has 0 spiro atoms. The van der Waals surface area contributed by atoms with E-state index in [-0.39, 0.29) is 0 Å². The Hall–Kier alpha value is 0.130. The van der Waals surface area contributed by atoms with Gasteiger partial charge < -0.3 is 0 Å². The average Bonchev–Trinajstić information content (AvgIpc) is 1.93. The van der Waals surface area contributed by atoms with Crippen LogP contribution in [0.3, 0.4) is 0 Å². The van der Waals surface area contributed by atoms with Crippen LogP contribution in [0.4, 0.5) is 0 Å². The first-order valence-electron chi connectivity index (χ1n) is 4.63. The summed E-state index contributed by atoms with van der Waals surface area (Å²) in [6.45, 7) is 4.79. The lowest BCUT2D eigenvalue weighted by atomic mass is 9.53. The molecule has 0 heterocycles. The predicted octanol–water partition coefficient (Wildman–Crippen LogP) is 0.896. The number of hydrogen-bond acceptors (Lipinski definition) is 0. The summed E-state index contributed by atoms with van der Waals surface area (Å²) < 4.78 is 0. The third kappa shape index (κ3) is 1.41. The highest BCUT2D eigenvalue weighted by atomic mass is 14.3. The minimum absolute atomic E-state index is 0.948. The first-order chi connectivity index (χ1) is 4.63. The average molecular weight is 136 g/mol. The molecule has 10 heavy (non-hydrogen) atoms. The number of hydrogen-bond donors (Lipinski definition) is 0. The van der Waals surface area contributed by atoms with Gasteiger partial charge in [0.2, 0.25) is 0 Å². The van der Waals surface area contributed by atoms with Crippen molar-refractivity contribution in [3.05, 3.63) is 0 Å². The molecule has 0 bridgehead atoms. The van der Waals surface area contributed by atoms with Crippen LogP contribution in [0.1, 0.15) is 26.7 Å². The maximum Gasteiger partial charge on any atom is 0.105 e. The van der Waals surface area contributed by atoms with Crippen molar-refractivity contribution >= 4 is 15.7 Å². The van der Waals surface area contributed by atoms with Gasteiger partial charge in [0.1, 0.15) is 15.7 Å². The van der Waals surface area contributed by atoms with E-state index in [1.54, 1.807) is 0 Å². The molecule has 2 heteroatoms. The summed E-state index contributed by atoms with van der Waals surface area (Å²) in [4.78, 5) is 0. The van der Waals surface area contributed by atoms with Crippen LogP contribution in [0.15, 0.2) is 0 Å². The molecule has 0 aliphatic heterocycles. The van der Waals surface area contributed by atoms with Gasteiger partial charge in [0, 0.05) is 0 Å². The second kappa shape index (κ2) is 3.02. The largest absolute Gasteiger partial charge is 0.105 e. The zero-order valence-corrected chi connectivity index (χ0v) is 7.72. The van der Waals surface area contributed by atoms with E-state index in [9.17, 15) is 0 Å². The quantitative estimate of drug-likeness (QED) is 0.433. The Balaban J connectivity index is 2.52. The molecule has 4 atom stereocenters. The molecule has 0 saturated heterocycles. The fraction of sp³-hybridized carbons (Fsp3) is 1.00. The molecule has 1 saturated carbocycles. The second-order valence-corrected chi connectivity index (χ2v) is 4.25. The van der Waals surface area contributed by atoms with E-state index in [1.807, 2.05) is 0 Å². The Kier molecular flexibility index (Phi) is 2.49. The SMILES string of the molecule is BC1C(C)CCC(C)C1B. The van der Waals surface area contributed by atoms with E-state index in [1.165, 1.54) is 12.8 Å². The molecule has 0 aromatic carbocycles. The summed E-state index contributed by atoms with van der Waals surface area (Å²) >= 11 is 0. The lowest BCUT2D eigenvalue weighted by molar-refractivity contribution is 0.309. The van der Waals surface area contributed by atoms with Crippen molar-refractivity contribution in [2.24, 2.45) is 11.8 Å². The minimum atomic E-state index is 0.948. The van der Waals surface area contributed by atoms with E-state index in [4.69, 9.17) is 0 Å². The van der Waals surface area contributed by atoms with Crippen LogP contribution in [-0.4, -0.2) is 15.7 Å².